The van der Waals surface area contributed by atoms with Crippen molar-refractivity contribution >= 4 is 0 Å². The Balaban J connectivity index is 2.33. The summed E-state index contributed by atoms with van der Waals surface area (Å²) in [7, 11) is 0. The molecular formula is C18H26. The van der Waals surface area contributed by atoms with Crippen molar-refractivity contribution in [1.29, 1.82) is 0 Å². The second-order valence-corrected chi connectivity index (χ2v) is 6.51. The highest BCUT2D eigenvalue weighted by molar-refractivity contribution is 5.48. The molecule has 0 spiro atoms. The molecule has 0 nitrogen and oxygen atoms in total. The molecule has 0 N–H and O–H groups in total. The van der Waals surface area contributed by atoms with E-state index in [1.807, 2.05) is 0 Å². The summed E-state index contributed by atoms with van der Waals surface area (Å²) in [5.74, 6) is 2.50. The lowest BCUT2D eigenvalue weighted by Gasteiger charge is -2.25. The van der Waals surface area contributed by atoms with Crippen molar-refractivity contribution in [2.45, 2.75) is 41.5 Å². The van der Waals surface area contributed by atoms with Crippen molar-refractivity contribution in [3.05, 3.63) is 46.6 Å². The van der Waals surface area contributed by atoms with Gasteiger partial charge in [-0.15, -0.1) is 0 Å². The minimum atomic E-state index is 0.547. The van der Waals surface area contributed by atoms with Gasteiger partial charge in [0.1, 0.15) is 0 Å². The molecule has 2 rings (SSSR count). The number of hydrogen-bond donors (Lipinski definition) is 0. The first-order chi connectivity index (χ1) is 8.40. The van der Waals surface area contributed by atoms with E-state index >= 15 is 0 Å². The van der Waals surface area contributed by atoms with E-state index in [0.29, 0.717) is 23.7 Å². The fourth-order valence-electron chi connectivity index (χ4n) is 3.24. The topological polar surface area (TPSA) is 0 Å². The Kier molecular flexibility index (Phi) is 3.66. The van der Waals surface area contributed by atoms with E-state index in [0.717, 1.165) is 0 Å². The zero-order valence-electron chi connectivity index (χ0n) is 12.6. The van der Waals surface area contributed by atoms with Crippen molar-refractivity contribution in [2.75, 3.05) is 0 Å². The van der Waals surface area contributed by atoms with Gasteiger partial charge in [-0.3, -0.25) is 0 Å². The second-order valence-electron chi connectivity index (χ2n) is 6.51. The minimum absolute atomic E-state index is 0.547. The highest BCUT2D eigenvalue weighted by Crippen LogP contribution is 2.43. The number of rotatable bonds is 3. The summed E-state index contributed by atoms with van der Waals surface area (Å²) >= 11 is 0. The maximum absolute atomic E-state index is 2.45. The third kappa shape index (κ3) is 2.39. The third-order valence-electron chi connectivity index (χ3n) is 4.15. The Morgan fingerprint density at radius 3 is 2.06 bits per heavy atom. The maximum Gasteiger partial charge on any atom is 0.0207 e. The van der Waals surface area contributed by atoms with E-state index in [-0.39, 0.29) is 0 Å². The van der Waals surface area contributed by atoms with Gasteiger partial charge in [0.25, 0.3) is 0 Å². The molecule has 18 heavy (non-hydrogen) atoms. The van der Waals surface area contributed by atoms with Crippen LogP contribution >= 0.6 is 0 Å². The molecule has 0 heteroatoms. The smallest absolute Gasteiger partial charge is 0.0207 e. The van der Waals surface area contributed by atoms with Gasteiger partial charge in [-0.25, -0.2) is 0 Å². The van der Waals surface area contributed by atoms with Crippen LogP contribution in [0.1, 0.15) is 41.5 Å². The van der Waals surface area contributed by atoms with Crippen LogP contribution in [0.25, 0.3) is 0 Å². The van der Waals surface area contributed by atoms with Crippen LogP contribution in [0.3, 0.4) is 0 Å². The molecule has 2 atom stereocenters. The van der Waals surface area contributed by atoms with Crippen LogP contribution in [-0.4, -0.2) is 0 Å². The third-order valence-corrected chi connectivity index (χ3v) is 4.15. The monoisotopic (exact) mass is 242 g/mol. The quantitative estimate of drug-likeness (QED) is 0.629. The molecule has 0 amide bonds. The molecule has 2 aliphatic rings. The molecule has 2 aliphatic carbocycles. The minimum Gasteiger partial charge on any atom is -0.0741 e. The Bertz CT molecular complexity index is 452. The lowest BCUT2D eigenvalue weighted by atomic mass is 9.79. The Labute approximate surface area is 112 Å². The summed E-state index contributed by atoms with van der Waals surface area (Å²) in [4.78, 5) is 0. The standard InChI is InChI=1S/C18H26/c1-11(2)15-7-13(5)9-17(15)18-10-14(6)8-16(18)12(3)4/h7-12,15,18H,1-6H3. The van der Waals surface area contributed by atoms with E-state index in [1.165, 1.54) is 11.1 Å². The van der Waals surface area contributed by atoms with Crippen LogP contribution in [-0.2, 0) is 0 Å². The average Bonchev–Trinajstić information content (AvgIpc) is 2.81. The van der Waals surface area contributed by atoms with E-state index < -0.39 is 0 Å². The van der Waals surface area contributed by atoms with Gasteiger partial charge in [-0.05, 0) is 25.7 Å². The average molecular weight is 242 g/mol. The molecule has 0 aromatic rings. The summed E-state index contributed by atoms with van der Waals surface area (Å²) in [5.41, 5.74) is 6.06. The number of hydrogen-bond acceptors (Lipinski definition) is 0. The van der Waals surface area contributed by atoms with Crippen LogP contribution in [0.15, 0.2) is 46.6 Å². The van der Waals surface area contributed by atoms with Crippen molar-refractivity contribution in [3.63, 3.8) is 0 Å². The molecule has 98 valence electrons. The van der Waals surface area contributed by atoms with Crippen molar-refractivity contribution in [3.8, 4) is 0 Å². The summed E-state index contributed by atoms with van der Waals surface area (Å²) in [5, 5.41) is 0. The van der Waals surface area contributed by atoms with E-state index in [4.69, 9.17) is 0 Å². The highest BCUT2D eigenvalue weighted by atomic mass is 14.3. The molecule has 0 saturated carbocycles. The fourth-order valence-corrected chi connectivity index (χ4v) is 3.24. The van der Waals surface area contributed by atoms with Gasteiger partial charge < -0.3 is 0 Å². The molecule has 0 aromatic heterocycles. The summed E-state index contributed by atoms with van der Waals surface area (Å²) in [6.45, 7) is 13.7. The molecule has 0 radical (unpaired) electrons. The van der Waals surface area contributed by atoms with Gasteiger partial charge in [-0.2, -0.15) is 0 Å². The van der Waals surface area contributed by atoms with Gasteiger partial charge in [0.2, 0.25) is 0 Å². The molecule has 0 fully saturated rings. The molecular weight excluding hydrogens is 216 g/mol. The normalized spacial score (nSPS) is 27.6. The predicted octanol–water partition coefficient (Wildman–Crippen LogP) is 5.30. The zero-order valence-corrected chi connectivity index (χ0v) is 12.6. The molecule has 0 aliphatic heterocycles. The van der Waals surface area contributed by atoms with E-state index in [9.17, 15) is 0 Å². The van der Waals surface area contributed by atoms with Gasteiger partial charge in [0, 0.05) is 11.8 Å². The Hall–Kier alpha value is -1.04. The van der Waals surface area contributed by atoms with Crippen molar-refractivity contribution in [2.24, 2.45) is 23.7 Å². The predicted molar refractivity (Wildman–Crippen MR) is 80.3 cm³/mol. The van der Waals surface area contributed by atoms with Gasteiger partial charge in [0.15, 0.2) is 0 Å². The van der Waals surface area contributed by atoms with Crippen LogP contribution in [0.4, 0.5) is 0 Å². The summed E-state index contributed by atoms with van der Waals surface area (Å²) in [6, 6.07) is 0. The molecule has 0 aromatic carbocycles. The highest BCUT2D eigenvalue weighted by Gasteiger charge is 2.30. The first kappa shape index (κ1) is 13.4. The van der Waals surface area contributed by atoms with Crippen LogP contribution in [0, 0.1) is 23.7 Å². The summed E-state index contributed by atoms with van der Waals surface area (Å²) in [6.07, 6.45) is 9.70. The lowest BCUT2D eigenvalue weighted by Crippen LogP contribution is -2.16. The Morgan fingerprint density at radius 1 is 0.889 bits per heavy atom. The SMILES string of the molecule is CC1=CC(C2=CC(C)=CC2C(C)C)C(C(C)C)=C1. The van der Waals surface area contributed by atoms with Crippen molar-refractivity contribution in [1.82, 2.24) is 0 Å². The van der Waals surface area contributed by atoms with Crippen LogP contribution < -0.4 is 0 Å². The molecule has 0 heterocycles. The molecule has 2 unspecified atom stereocenters. The Morgan fingerprint density at radius 2 is 1.50 bits per heavy atom. The number of allylic oxidation sites excluding steroid dienone is 8. The molecule has 0 saturated heterocycles. The van der Waals surface area contributed by atoms with Gasteiger partial charge in [0.05, 0.1) is 0 Å². The first-order valence-electron chi connectivity index (χ1n) is 7.20. The molecule has 0 bridgehead atoms. The van der Waals surface area contributed by atoms with Crippen LogP contribution in [0.2, 0.25) is 0 Å². The van der Waals surface area contributed by atoms with Crippen LogP contribution in [0.5, 0.6) is 0 Å². The second kappa shape index (κ2) is 4.91. The lowest BCUT2D eigenvalue weighted by molar-refractivity contribution is 0.499. The van der Waals surface area contributed by atoms with Gasteiger partial charge >= 0.3 is 0 Å². The van der Waals surface area contributed by atoms with E-state index in [1.54, 1.807) is 11.1 Å². The van der Waals surface area contributed by atoms with Crippen molar-refractivity contribution < 1.29 is 0 Å². The zero-order chi connectivity index (χ0) is 13.4. The first-order valence-corrected chi connectivity index (χ1v) is 7.20. The van der Waals surface area contributed by atoms with E-state index in [2.05, 4.69) is 65.8 Å². The fraction of sp³-hybridized carbons (Fsp3) is 0.556. The largest absolute Gasteiger partial charge is 0.0741 e. The summed E-state index contributed by atoms with van der Waals surface area (Å²) < 4.78 is 0. The van der Waals surface area contributed by atoms with Gasteiger partial charge in [-0.1, -0.05) is 74.3 Å². The maximum atomic E-state index is 2.45.